The number of piperazine rings is 1. The van der Waals surface area contributed by atoms with Gasteiger partial charge in [-0.05, 0) is 52.7 Å². The summed E-state index contributed by atoms with van der Waals surface area (Å²) in [4.78, 5) is 35.6. The fourth-order valence-corrected chi connectivity index (χ4v) is 5.10. The molecule has 1 fully saturated rings. The van der Waals surface area contributed by atoms with Crippen LogP contribution in [0.1, 0.15) is 44.9 Å². The zero-order valence-electron chi connectivity index (χ0n) is 24.5. The quantitative estimate of drug-likeness (QED) is 0.360. The molecule has 2 aliphatic rings. The first-order valence-corrected chi connectivity index (χ1v) is 14.1. The van der Waals surface area contributed by atoms with Crippen molar-refractivity contribution in [2.24, 2.45) is 0 Å². The van der Waals surface area contributed by atoms with Crippen LogP contribution in [0.3, 0.4) is 0 Å². The van der Waals surface area contributed by atoms with Crippen LogP contribution >= 0.6 is 11.6 Å². The van der Waals surface area contributed by atoms with E-state index in [2.05, 4.69) is 9.97 Å². The van der Waals surface area contributed by atoms with E-state index >= 15 is 0 Å². The normalized spacial score (nSPS) is 15.6. The number of nitrogens with one attached hydrogen (secondary N) is 1. The predicted octanol–water partition coefficient (Wildman–Crippen LogP) is 6.15. The number of ether oxygens (including phenoxy) is 2. The first-order chi connectivity index (χ1) is 19.9. The highest BCUT2D eigenvalue weighted by atomic mass is 35.5. The van der Waals surface area contributed by atoms with E-state index in [4.69, 9.17) is 21.1 Å². The van der Waals surface area contributed by atoms with E-state index in [-0.39, 0.29) is 5.02 Å². The number of benzene rings is 1. The minimum atomic E-state index is -0.583. The van der Waals surface area contributed by atoms with Crippen molar-refractivity contribution in [3.8, 4) is 5.75 Å². The number of pyridine rings is 1. The van der Waals surface area contributed by atoms with Gasteiger partial charge in [-0.1, -0.05) is 17.7 Å². The minimum Gasteiger partial charge on any atom is -0.493 e. The standard InChI is InChI=1S/C19H22ClFN2O2.C11H14FN3O2/c1-11-9-13-12(10-14(20)16(21)17(13)22-11)15-7-5-6-8-23(15)18(24)25-19(2,3)4;1-17-10-6-9(12)7-13-11(10)15-4-2-14(8-16)3-5-15/h7,9-10,22H,5-6,8H2,1-4H3;6-8H,2-5H2,1H3. The number of halogens is 3. The van der Waals surface area contributed by atoms with E-state index in [1.54, 1.807) is 15.9 Å². The van der Waals surface area contributed by atoms with Crippen molar-refractivity contribution < 1.29 is 27.8 Å². The highest BCUT2D eigenvalue weighted by Crippen LogP contribution is 2.36. The average Bonchev–Trinajstić information content (AvgIpc) is 3.36. The van der Waals surface area contributed by atoms with E-state index in [9.17, 15) is 18.4 Å². The maximum Gasteiger partial charge on any atom is 0.414 e. The summed E-state index contributed by atoms with van der Waals surface area (Å²) in [6.07, 6.45) is 5.29. The van der Waals surface area contributed by atoms with Crippen LogP contribution in [0, 0.1) is 18.6 Å². The third-order valence-electron chi connectivity index (χ3n) is 6.83. The molecule has 0 aliphatic carbocycles. The van der Waals surface area contributed by atoms with Gasteiger partial charge in [-0.25, -0.2) is 18.6 Å². The number of amides is 2. The molecular weight excluding hydrogens is 568 g/mol. The third-order valence-corrected chi connectivity index (χ3v) is 7.10. The number of fused-ring (bicyclic) bond motifs is 1. The second-order valence-electron chi connectivity index (χ2n) is 11.1. The molecule has 12 heteroatoms. The van der Waals surface area contributed by atoms with Crippen LogP contribution in [0.25, 0.3) is 16.6 Å². The van der Waals surface area contributed by atoms with Crippen LogP contribution in [0.2, 0.25) is 5.02 Å². The van der Waals surface area contributed by atoms with Crippen molar-refractivity contribution in [3.63, 3.8) is 0 Å². The third kappa shape index (κ3) is 7.13. The molecule has 0 radical (unpaired) electrons. The molecular formula is C30H36ClF2N5O4. The van der Waals surface area contributed by atoms with E-state index in [1.807, 2.05) is 44.7 Å². The molecule has 0 saturated carbocycles. The van der Waals surface area contributed by atoms with Crippen molar-refractivity contribution in [1.29, 1.82) is 0 Å². The molecule has 42 heavy (non-hydrogen) atoms. The summed E-state index contributed by atoms with van der Waals surface area (Å²) >= 11 is 6.10. The highest BCUT2D eigenvalue weighted by Gasteiger charge is 2.29. The van der Waals surface area contributed by atoms with Gasteiger partial charge in [0.2, 0.25) is 6.41 Å². The second-order valence-corrected chi connectivity index (χ2v) is 11.5. The number of hydrogen-bond acceptors (Lipinski definition) is 6. The van der Waals surface area contributed by atoms with Crippen LogP contribution in [0.5, 0.6) is 5.75 Å². The molecule has 4 heterocycles. The molecule has 1 aromatic carbocycles. The number of aryl methyl sites for hydroxylation is 1. The Balaban J connectivity index is 0.000000208. The number of carbonyl (C=O) groups excluding carboxylic acids is 2. The van der Waals surface area contributed by atoms with E-state index < -0.39 is 23.3 Å². The van der Waals surface area contributed by atoms with Gasteiger partial charge in [0.25, 0.3) is 0 Å². The van der Waals surface area contributed by atoms with Crippen molar-refractivity contribution >= 4 is 46.5 Å². The summed E-state index contributed by atoms with van der Waals surface area (Å²) in [6.45, 7) is 10.6. The first kappa shape index (κ1) is 31.1. The number of carbonyl (C=O) groups is 2. The fourth-order valence-electron chi connectivity index (χ4n) is 4.90. The molecule has 0 atom stereocenters. The lowest BCUT2D eigenvalue weighted by Crippen LogP contribution is -2.46. The topological polar surface area (TPSA) is 91.0 Å². The Bertz CT molecular complexity index is 1480. The summed E-state index contributed by atoms with van der Waals surface area (Å²) in [6, 6.07) is 4.77. The first-order valence-electron chi connectivity index (χ1n) is 13.7. The molecule has 0 spiro atoms. The zero-order valence-corrected chi connectivity index (χ0v) is 25.2. The van der Waals surface area contributed by atoms with Crippen molar-refractivity contribution in [3.05, 3.63) is 58.4 Å². The number of allylic oxidation sites excluding steroid dienone is 1. The smallest absolute Gasteiger partial charge is 0.414 e. The van der Waals surface area contributed by atoms with Gasteiger partial charge in [-0.2, -0.15) is 0 Å². The molecule has 0 unspecified atom stereocenters. The molecule has 2 amide bonds. The largest absolute Gasteiger partial charge is 0.493 e. The Hall–Kier alpha value is -3.86. The van der Waals surface area contributed by atoms with Crippen LogP contribution in [-0.2, 0) is 9.53 Å². The van der Waals surface area contributed by atoms with Crippen molar-refractivity contribution in [1.82, 2.24) is 19.8 Å². The van der Waals surface area contributed by atoms with E-state index in [0.29, 0.717) is 60.9 Å². The SMILES string of the molecule is COc1cc(F)cnc1N1CCN(C=O)CC1.Cc1cc2c(C3=CCCCN3C(=O)OC(C)(C)C)cc(Cl)c(F)c2[nH]1. The lowest BCUT2D eigenvalue weighted by Gasteiger charge is -2.33. The molecule has 5 rings (SSSR count). The molecule has 226 valence electrons. The molecule has 9 nitrogen and oxygen atoms in total. The number of methoxy groups -OCH3 is 1. The molecule has 1 saturated heterocycles. The Morgan fingerprint density at radius 3 is 2.48 bits per heavy atom. The van der Waals surface area contributed by atoms with Crippen LogP contribution < -0.4 is 9.64 Å². The lowest BCUT2D eigenvalue weighted by atomic mass is 10.0. The molecule has 1 N–H and O–H groups in total. The molecule has 3 aromatic rings. The molecule has 0 bridgehead atoms. The Kier molecular flexibility index (Phi) is 9.60. The summed E-state index contributed by atoms with van der Waals surface area (Å²) in [5, 5.41) is 0.737. The zero-order chi connectivity index (χ0) is 30.6. The van der Waals surface area contributed by atoms with Crippen LogP contribution in [0.4, 0.5) is 19.4 Å². The maximum atomic E-state index is 14.3. The average molecular weight is 604 g/mol. The van der Waals surface area contributed by atoms with Crippen molar-refractivity contribution in [2.45, 2.75) is 46.1 Å². The highest BCUT2D eigenvalue weighted by molar-refractivity contribution is 6.31. The second kappa shape index (κ2) is 13.0. The number of hydrogen-bond donors (Lipinski definition) is 1. The van der Waals surface area contributed by atoms with Gasteiger partial charge in [0, 0.05) is 55.4 Å². The predicted molar refractivity (Wildman–Crippen MR) is 159 cm³/mol. The maximum absolute atomic E-state index is 14.3. The summed E-state index contributed by atoms with van der Waals surface area (Å²) in [5.41, 5.74) is 2.05. The number of aromatic nitrogens is 2. The van der Waals surface area contributed by atoms with Crippen LogP contribution in [0.15, 0.2) is 30.5 Å². The summed E-state index contributed by atoms with van der Waals surface area (Å²) in [7, 11) is 1.49. The number of rotatable bonds is 4. The Morgan fingerprint density at radius 2 is 1.83 bits per heavy atom. The van der Waals surface area contributed by atoms with Gasteiger partial charge >= 0.3 is 6.09 Å². The monoisotopic (exact) mass is 603 g/mol. The number of aromatic amines is 1. The van der Waals surface area contributed by atoms with Gasteiger partial charge in [0.1, 0.15) is 11.4 Å². The van der Waals surface area contributed by atoms with Gasteiger partial charge in [0.05, 0.1) is 29.5 Å². The van der Waals surface area contributed by atoms with Crippen LogP contribution in [-0.4, -0.2) is 77.7 Å². The van der Waals surface area contributed by atoms with E-state index in [1.165, 1.54) is 19.4 Å². The van der Waals surface area contributed by atoms with Gasteiger partial charge in [-0.15, -0.1) is 0 Å². The van der Waals surface area contributed by atoms with E-state index in [0.717, 1.165) is 30.5 Å². The Labute approximate surface area is 249 Å². The summed E-state index contributed by atoms with van der Waals surface area (Å²) in [5.74, 6) is 0.148. The van der Waals surface area contributed by atoms with Gasteiger partial charge in [0.15, 0.2) is 17.4 Å². The number of anilines is 1. The molecule has 2 aromatic heterocycles. The number of H-pyrrole nitrogens is 1. The summed E-state index contributed by atoms with van der Waals surface area (Å²) < 4.78 is 38.0. The number of nitrogens with zero attached hydrogens (tertiary/aromatic N) is 4. The minimum absolute atomic E-state index is 0.0277. The van der Waals surface area contributed by atoms with Gasteiger partial charge in [-0.3, -0.25) is 9.69 Å². The van der Waals surface area contributed by atoms with Crippen molar-refractivity contribution in [2.75, 3.05) is 44.7 Å². The fraction of sp³-hybridized carbons (Fsp3) is 0.433. The van der Waals surface area contributed by atoms with Gasteiger partial charge < -0.3 is 24.3 Å². The Morgan fingerprint density at radius 1 is 1.12 bits per heavy atom. The lowest BCUT2D eigenvalue weighted by molar-refractivity contribution is -0.118. The molecule has 2 aliphatic heterocycles.